The number of fused-ring (bicyclic) bond motifs is 1. The summed E-state index contributed by atoms with van der Waals surface area (Å²) in [6, 6.07) is 11.3. The summed E-state index contributed by atoms with van der Waals surface area (Å²) in [4.78, 5) is 19.7. The van der Waals surface area contributed by atoms with Crippen molar-refractivity contribution >= 4 is 28.6 Å². The van der Waals surface area contributed by atoms with Crippen LogP contribution in [0.5, 0.6) is 0 Å². The van der Waals surface area contributed by atoms with E-state index in [1.807, 2.05) is 36.4 Å². The number of rotatable bonds is 6. The van der Waals surface area contributed by atoms with E-state index in [9.17, 15) is 4.79 Å². The fourth-order valence-electron chi connectivity index (χ4n) is 3.93. The minimum absolute atomic E-state index is 0.0349. The molecule has 1 fully saturated rings. The van der Waals surface area contributed by atoms with Crippen molar-refractivity contribution in [2.24, 2.45) is 7.05 Å². The van der Waals surface area contributed by atoms with Crippen LogP contribution in [0.25, 0.3) is 10.9 Å². The second-order valence-electron chi connectivity index (χ2n) is 7.69. The molecule has 0 bridgehead atoms. The van der Waals surface area contributed by atoms with Crippen molar-refractivity contribution in [3.8, 4) is 0 Å². The number of nitrogens with zero attached hydrogens (tertiary/aromatic N) is 6. The van der Waals surface area contributed by atoms with Gasteiger partial charge in [-0.15, -0.1) is 10.2 Å². The maximum absolute atomic E-state index is 12.7. The number of anilines is 1. The summed E-state index contributed by atoms with van der Waals surface area (Å²) >= 11 is 1.54. The topological polar surface area (TPSA) is 82.0 Å². The molecule has 0 N–H and O–H groups in total. The average Bonchev–Trinajstić information content (AvgIpc) is 3.46. The van der Waals surface area contributed by atoms with Gasteiger partial charge in [-0.25, -0.2) is 4.98 Å². The van der Waals surface area contributed by atoms with Gasteiger partial charge in [-0.3, -0.25) is 13.9 Å². The Labute approximate surface area is 183 Å². The van der Waals surface area contributed by atoms with Gasteiger partial charge in [0.1, 0.15) is 11.6 Å². The lowest BCUT2D eigenvalue weighted by atomic mass is 10.1. The van der Waals surface area contributed by atoms with Gasteiger partial charge in [0.05, 0.1) is 29.5 Å². The van der Waals surface area contributed by atoms with E-state index in [1.165, 1.54) is 31.0 Å². The first-order chi connectivity index (χ1) is 15.2. The third-order valence-electron chi connectivity index (χ3n) is 5.64. The molecule has 1 saturated heterocycles. The van der Waals surface area contributed by atoms with E-state index in [0.717, 1.165) is 30.0 Å². The van der Waals surface area contributed by atoms with Crippen molar-refractivity contribution < 1.29 is 4.42 Å². The van der Waals surface area contributed by atoms with Crippen LogP contribution in [-0.2, 0) is 19.3 Å². The van der Waals surface area contributed by atoms with Crippen molar-refractivity contribution in [3.63, 3.8) is 0 Å². The normalized spacial score (nSPS) is 14.4. The minimum atomic E-state index is -0.0349. The van der Waals surface area contributed by atoms with Gasteiger partial charge in [0.2, 0.25) is 5.95 Å². The summed E-state index contributed by atoms with van der Waals surface area (Å²) in [7, 11) is 1.77. The molecular weight excluding hydrogens is 412 g/mol. The fraction of sp³-hybridized carbons (Fsp3) is 0.364. The second kappa shape index (κ2) is 8.58. The van der Waals surface area contributed by atoms with Crippen LogP contribution in [0.2, 0.25) is 0 Å². The molecule has 160 valence electrons. The van der Waals surface area contributed by atoms with E-state index in [0.29, 0.717) is 29.0 Å². The number of thioether (sulfide) groups is 1. The second-order valence-corrected chi connectivity index (χ2v) is 8.64. The summed E-state index contributed by atoms with van der Waals surface area (Å²) in [5, 5.41) is 10.4. The van der Waals surface area contributed by atoms with E-state index in [2.05, 4.69) is 19.7 Å². The first-order valence-electron chi connectivity index (χ1n) is 10.5. The monoisotopic (exact) mass is 436 g/mol. The summed E-state index contributed by atoms with van der Waals surface area (Å²) < 4.78 is 9.31. The highest BCUT2D eigenvalue weighted by Crippen LogP contribution is 2.27. The molecule has 1 aliphatic heterocycles. The van der Waals surface area contributed by atoms with Crippen molar-refractivity contribution in [1.29, 1.82) is 0 Å². The Bertz CT molecular complexity index is 1240. The van der Waals surface area contributed by atoms with Crippen LogP contribution < -0.4 is 10.5 Å². The van der Waals surface area contributed by atoms with E-state index < -0.39 is 0 Å². The summed E-state index contributed by atoms with van der Waals surface area (Å²) in [6.45, 7) is 2.54. The molecule has 0 atom stereocenters. The molecule has 1 aliphatic rings. The molecule has 4 heterocycles. The van der Waals surface area contributed by atoms with Gasteiger partial charge in [0.15, 0.2) is 5.16 Å². The van der Waals surface area contributed by atoms with Crippen LogP contribution >= 0.6 is 11.8 Å². The van der Waals surface area contributed by atoms with Crippen molar-refractivity contribution in [1.82, 2.24) is 24.3 Å². The van der Waals surface area contributed by atoms with Crippen LogP contribution in [0.1, 0.15) is 30.8 Å². The SMILES string of the molecule is Cn1c(CSc2nnc(N3CCCCC3)n2Cc2ccco2)nc2ccccc2c1=O. The molecule has 31 heavy (non-hydrogen) atoms. The molecule has 9 heteroatoms. The zero-order chi connectivity index (χ0) is 21.2. The van der Waals surface area contributed by atoms with Gasteiger partial charge in [-0.2, -0.15) is 0 Å². The van der Waals surface area contributed by atoms with Crippen LogP contribution in [-0.4, -0.2) is 37.4 Å². The Kier molecular flexibility index (Phi) is 5.50. The Morgan fingerprint density at radius 3 is 2.71 bits per heavy atom. The van der Waals surface area contributed by atoms with Crippen LogP contribution in [0, 0.1) is 0 Å². The summed E-state index contributed by atoms with van der Waals surface area (Å²) in [6.07, 6.45) is 5.27. The Morgan fingerprint density at radius 1 is 1.06 bits per heavy atom. The lowest BCUT2D eigenvalue weighted by Crippen LogP contribution is -2.32. The Morgan fingerprint density at radius 2 is 1.90 bits per heavy atom. The number of para-hydroxylation sites is 1. The number of hydrogen-bond acceptors (Lipinski definition) is 7. The molecule has 8 nitrogen and oxygen atoms in total. The third-order valence-corrected chi connectivity index (χ3v) is 6.60. The Balaban J connectivity index is 1.45. The van der Waals surface area contributed by atoms with Gasteiger partial charge >= 0.3 is 0 Å². The molecule has 0 amide bonds. The highest BCUT2D eigenvalue weighted by Gasteiger charge is 2.21. The molecular formula is C22H24N6O2S. The molecule has 0 unspecified atom stereocenters. The molecule has 4 aromatic rings. The lowest BCUT2D eigenvalue weighted by molar-refractivity contribution is 0.479. The van der Waals surface area contributed by atoms with Gasteiger partial charge in [0, 0.05) is 20.1 Å². The molecule has 0 saturated carbocycles. The lowest BCUT2D eigenvalue weighted by Gasteiger charge is -2.27. The number of hydrogen-bond donors (Lipinski definition) is 0. The first kappa shape index (κ1) is 19.9. The maximum atomic E-state index is 12.7. The van der Waals surface area contributed by atoms with Crippen LogP contribution in [0.3, 0.4) is 0 Å². The number of benzene rings is 1. The van der Waals surface area contributed by atoms with Gasteiger partial charge < -0.3 is 9.32 Å². The smallest absolute Gasteiger partial charge is 0.261 e. The van der Waals surface area contributed by atoms with Crippen molar-refractivity contribution in [2.45, 2.75) is 36.7 Å². The minimum Gasteiger partial charge on any atom is -0.467 e. The third kappa shape index (κ3) is 3.97. The molecule has 3 aromatic heterocycles. The van der Waals surface area contributed by atoms with Gasteiger partial charge in [0.25, 0.3) is 5.56 Å². The van der Waals surface area contributed by atoms with E-state index in [4.69, 9.17) is 9.40 Å². The molecule has 0 spiro atoms. The number of furan rings is 1. The van der Waals surface area contributed by atoms with E-state index in [-0.39, 0.29) is 5.56 Å². The highest BCUT2D eigenvalue weighted by molar-refractivity contribution is 7.98. The summed E-state index contributed by atoms with van der Waals surface area (Å²) in [5.41, 5.74) is 0.680. The number of piperidine rings is 1. The van der Waals surface area contributed by atoms with Crippen molar-refractivity contribution in [3.05, 3.63) is 64.6 Å². The summed E-state index contributed by atoms with van der Waals surface area (Å²) in [5.74, 6) is 2.96. The van der Waals surface area contributed by atoms with Crippen LogP contribution in [0.15, 0.2) is 57.0 Å². The van der Waals surface area contributed by atoms with E-state index >= 15 is 0 Å². The molecule has 5 rings (SSSR count). The highest BCUT2D eigenvalue weighted by atomic mass is 32.2. The van der Waals surface area contributed by atoms with Gasteiger partial charge in [-0.05, 0) is 43.5 Å². The number of aromatic nitrogens is 5. The maximum Gasteiger partial charge on any atom is 0.261 e. The van der Waals surface area contributed by atoms with Crippen molar-refractivity contribution in [2.75, 3.05) is 18.0 Å². The fourth-order valence-corrected chi connectivity index (χ4v) is 4.85. The largest absolute Gasteiger partial charge is 0.467 e. The predicted octanol–water partition coefficient (Wildman–Crippen LogP) is 3.45. The molecule has 1 aromatic carbocycles. The molecule has 0 radical (unpaired) electrons. The average molecular weight is 437 g/mol. The standard InChI is InChI=1S/C22H24N6O2S/c1-26-19(23-18-10-4-3-9-17(18)20(26)29)15-31-22-25-24-21(27-11-5-2-6-12-27)28(22)14-16-8-7-13-30-16/h3-4,7-10,13H,2,5-6,11-12,14-15H2,1H3. The quantitative estimate of drug-likeness (QED) is 0.428. The molecule has 0 aliphatic carbocycles. The van der Waals surface area contributed by atoms with E-state index in [1.54, 1.807) is 17.9 Å². The van der Waals surface area contributed by atoms with Gasteiger partial charge in [-0.1, -0.05) is 23.9 Å². The zero-order valence-electron chi connectivity index (χ0n) is 17.4. The predicted molar refractivity (Wildman–Crippen MR) is 120 cm³/mol. The van der Waals surface area contributed by atoms with Crippen LogP contribution in [0.4, 0.5) is 5.95 Å². The Hall–Kier alpha value is -3.07. The first-order valence-corrected chi connectivity index (χ1v) is 11.5. The zero-order valence-corrected chi connectivity index (χ0v) is 18.2.